The largest absolute Gasteiger partial charge is 0.381 e. The summed E-state index contributed by atoms with van der Waals surface area (Å²) in [5.41, 5.74) is 2.11. The van der Waals surface area contributed by atoms with Crippen molar-refractivity contribution >= 4 is 5.91 Å². The van der Waals surface area contributed by atoms with Gasteiger partial charge in [-0.25, -0.2) is 0 Å². The van der Waals surface area contributed by atoms with E-state index in [1.54, 1.807) is 0 Å². The molecule has 1 unspecified atom stereocenters. The summed E-state index contributed by atoms with van der Waals surface area (Å²) >= 11 is 0. The molecule has 23 heavy (non-hydrogen) atoms. The summed E-state index contributed by atoms with van der Waals surface area (Å²) in [7, 11) is 0. The molecule has 0 bridgehead atoms. The number of ether oxygens (including phenoxy) is 1. The fourth-order valence-electron chi connectivity index (χ4n) is 3.17. The van der Waals surface area contributed by atoms with Crippen molar-refractivity contribution in [2.45, 2.75) is 52.4 Å². The van der Waals surface area contributed by atoms with Crippen LogP contribution in [0.4, 0.5) is 0 Å². The van der Waals surface area contributed by atoms with Crippen LogP contribution < -0.4 is 0 Å². The van der Waals surface area contributed by atoms with Gasteiger partial charge < -0.3 is 9.64 Å². The standard InChI is InChI=1S/C20H31NO2/c1-4-13-23-14-5-6-17-11-12-21(15-17)20(22)19-9-7-18(8-10-19)16(2)3/h7-10,16-17H,4-6,11-15H2,1-3H3. The van der Waals surface area contributed by atoms with Crippen molar-refractivity contribution in [2.75, 3.05) is 26.3 Å². The van der Waals surface area contributed by atoms with Crippen LogP contribution in [0.5, 0.6) is 0 Å². The molecule has 3 nitrogen and oxygen atoms in total. The fourth-order valence-corrected chi connectivity index (χ4v) is 3.17. The molecule has 1 aliphatic heterocycles. The topological polar surface area (TPSA) is 29.5 Å². The van der Waals surface area contributed by atoms with Crippen LogP contribution in [-0.4, -0.2) is 37.1 Å². The van der Waals surface area contributed by atoms with Crippen molar-refractivity contribution < 1.29 is 9.53 Å². The van der Waals surface area contributed by atoms with Crippen LogP contribution in [0, 0.1) is 5.92 Å². The van der Waals surface area contributed by atoms with Crippen LogP contribution in [0.1, 0.15) is 68.3 Å². The molecule has 128 valence electrons. The van der Waals surface area contributed by atoms with Crippen LogP contribution in [0.3, 0.4) is 0 Å². The van der Waals surface area contributed by atoms with E-state index < -0.39 is 0 Å². The Morgan fingerprint density at radius 2 is 2.00 bits per heavy atom. The maximum Gasteiger partial charge on any atom is 0.253 e. The van der Waals surface area contributed by atoms with Gasteiger partial charge in [0.1, 0.15) is 0 Å². The Hall–Kier alpha value is -1.35. The first-order valence-corrected chi connectivity index (χ1v) is 9.08. The van der Waals surface area contributed by atoms with Gasteiger partial charge in [-0.15, -0.1) is 0 Å². The van der Waals surface area contributed by atoms with Gasteiger partial charge in [0.25, 0.3) is 5.91 Å². The van der Waals surface area contributed by atoms with Crippen LogP contribution in [0.15, 0.2) is 24.3 Å². The summed E-state index contributed by atoms with van der Waals surface area (Å²) in [6.45, 7) is 9.99. The molecule has 1 aliphatic rings. The molecule has 1 amide bonds. The summed E-state index contributed by atoms with van der Waals surface area (Å²) in [5.74, 6) is 1.33. The van der Waals surface area contributed by atoms with E-state index in [-0.39, 0.29) is 5.91 Å². The summed E-state index contributed by atoms with van der Waals surface area (Å²) in [5, 5.41) is 0. The highest BCUT2D eigenvalue weighted by atomic mass is 16.5. The predicted octanol–water partition coefficient (Wildman–Crippen LogP) is 4.48. The minimum Gasteiger partial charge on any atom is -0.381 e. The minimum absolute atomic E-state index is 0.185. The third-order valence-electron chi connectivity index (χ3n) is 4.65. The van der Waals surface area contributed by atoms with Crippen LogP contribution in [0.2, 0.25) is 0 Å². The third-order valence-corrected chi connectivity index (χ3v) is 4.65. The lowest BCUT2D eigenvalue weighted by Gasteiger charge is -2.17. The Bertz CT molecular complexity index is 481. The molecule has 1 fully saturated rings. The number of nitrogens with zero attached hydrogens (tertiary/aromatic N) is 1. The van der Waals surface area contributed by atoms with E-state index in [2.05, 4.69) is 32.9 Å². The van der Waals surface area contributed by atoms with Crippen LogP contribution >= 0.6 is 0 Å². The normalized spacial score (nSPS) is 17.9. The van der Waals surface area contributed by atoms with Gasteiger partial charge in [0.2, 0.25) is 0 Å². The first-order chi connectivity index (χ1) is 11.1. The Morgan fingerprint density at radius 3 is 2.65 bits per heavy atom. The number of carbonyl (C=O) groups is 1. The second-order valence-electron chi connectivity index (χ2n) is 6.94. The molecular weight excluding hydrogens is 286 g/mol. The Morgan fingerprint density at radius 1 is 1.26 bits per heavy atom. The van der Waals surface area contributed by atoms with Crippen LogP contribution in [0.25, 0.3) is 0 Å². The maximum absolute atomic E-state index is 12.6. The number of likely N-dealkylation sites (tertiary alicyclic amines) is 1. The van der Waals surface area contributed by atoms with Gasteiger partial charge in [0.15, 0.2) is 0 Å². The lowest BCUT2D eigenvalue weighted by Crippen LogP contribution is -2.28. The van der Waals surface area contributed by atoms with Gasteiger partial charge in [-0.2, -0.15) is 0 Å². The highest BCUT2D eigenvalue weighted by Crippen LogP contribution is 2.23. The highest BCUT2D eigenvalue weighted by molar-refractivity contribution is 5.94. The first kappa shape index (κ1) is 18.0. The predicted molar refractivity (Wildman–Crippen MR) is 94.9 cm³/mol. The molecule has 1 aromatic carbocycles. The maximum atomic E-state index is 12.6. The second kappa shape index (κ2) is 9.07. The van der Waals surface area contributed by atoms with Crippen molar-refractivity contribution in [3.8, 4) is 0 Å². The first-order valence-electron chi connectivity index (χ1n) is 9.08. The molecule has 1 saturated heterocycles. The number of hydrogen-bond acceptors (Lipinski definition) is 2. The summed E-state index contributed by atoms with van der Waals surface area (Å²) in [6, 6.07) is 8.11. The van der Waals surface area contributed by atoms with Crippen molar-refractivity contribution in [2.24, 2.45) is 5.92 Å². The monoisotopic (exact) mass is 317 g/mol. The zero-order valence-corrected chi connectivity index (χ0v) is 14.9. The molecule has 0 saturated carbocycles. The zero-order valence-electron chi connectivity index (χ0n) is 14.9. The van der Waals surface area contributed by atoms with E-state index in [0.29, 0.717) is 11.8 Å². The molecule has 1 aromatic rings. The second-order valence-corrected chi connectivity index (χ2v) is 6.94. The van der Waals surface area contributed by atoms with E-state index in [9.17, 15) is 4.79 Å². The fraction of sp³-hybridized carbons (Fsp3) is 0.650. The average Bonchev–Trinajstić information content (AvgIpc) is 3.03. The van der Waals surface area contributed by atoms with Gasteiger partial charge in [-0.1, -0.05) is 32.9 Å². The molecule has 0 radical (unpaired) electrons. The summed E-state index contributed by atoms with van der Waals surface area (Å²) in [4.78, 5) is 14.6. The van der Waals surface area contributed by atoms with Crippen LogP contribution in [-0.2, 0) is 4.74 Å². The van der Waals surface area contributed by atoms with Gasteiger partial charge in [0, 0.05) is 31.9 Å². The van der Waals surface area contributed by atoms with Gasteiger partial charge in [-0.3, -0.25) is 4.79 Å². The van der Waals surface area contributed by atoms with E-state index in [4.69, 9.17) is 4.74 Å². The minimum atomic E-state index is 0.185. The SMILES string of the molecule is CCCOCCCC1CCN(C(=O)c2ccc(C(C)C)cc2)C1. The smallest absolute Gasteiger partial charge is 0.253 e. The molecule has 0 aromatic heterocycles. The summed E-state index contributed by atoms with van der Waals surface area (Å²) < 4.78 is 5.54. The number of hydrogen-bond donors (Lipinski definition) is 0. The van der Waals surface area contributed by atoms with Crippen molar-refractivity contribution in [1.29, 1.82) is 0 Å². The van der Waals surface area contributed by atoms with E-state index >= 15 is 0 Å². The Labute approximate surface area is 141 Å². The Balaban J connectivity index is 1.78. The molecule has 0 aliphatic carbocycles. The summed E-state index contributed by atoms with van der Waals surface area (Å²) in [6.07, 6.45) is 4.49. The molecule has 1 atom stereocenters. The average molecular weight is 317 g/mol. The number of amides is 1. The lowest BCUT2D eigenvalue weighted by molar-refractivity contribution is 0.0785. The Kier molecular flexibility index (Phi) is 7.10. The van der Waals surface area contributed by atoms with E-state index in [1.807, 2.05) is 17.0 Å². The molecule has 0 spiro atoms. The highest BCUT2D eigenvalue weighted by Gasteiger charge is 2.26. The number of benzene rings is 1. The van der Waals surface area contributed by atoms with Crippen molar-refractivity contribution in [1.82, 2.24) is 4.90 Å². The van der Waals surface area contributed by atoms with Crippen molar-refractivity contribution in [3.63, 3.8) is 0 Å². The zero-order chi connectivity index (χ0) is 16.7. The molecule has 3 heteroatoms. The van der Waals surface area contributed by atoms with Gasteiger partial charge in [-0.05, 0) is 55.2 Å². The number of carbonyl (C=O) groups excluding carboxylic acids is 1. The van der Waals surface area contributed by atoms with Gasteiger partial charge >= 0.3 is 0 Å². The van der Waals surface area contributed by atoms with E-state index in [1.165, 1.54) is 12.0 Å². The van der Waals surface area contributed by atoms with Crippen molar-refractivity contribution in [3.05, 3.63) is 35.4 Å². The van der Waals surface area contributed by atoms with E-state index in [0.717, 1.165) is 51.1 Å². The number of rotatable bonds is 8. The lowest BCUT2D eigenvalue weighted by atomic mass is 10.0. The molecular formula is C20H31NO2. The molecule has 1 heterocycles. The quantitative estimate of drug-likeness (QED) is 0.662. The molecule has 2 rings (SSSR count). The van der Waals surface area contributed by atoms with Gasteiger partial charge in [0.05, 0.1) is 0 Å². The third kappa shape index (κ3) is 5.35. The molecule has 0 N–H and O–H groups in total.